The quantitative estimate of drug-likeness (QED) is 0.366. The van der Waals surface area contributed by atoms with Crippen LogP contribution in [0.3, 0.4) is 0 Å². The molecule has 2 aromatic heterocycles. The van der Waals surface area contributed by atoms with Crippen molar-refractivity contribution in [2.45, 2.75) is 47.1 Å². The van der Waals surface area contributed by atoms with Gasteiger partial charge in [0.1, 0.15) is 0 Å². The Labute approximate surface area is 172 Å². The second-order valence-electron chi connectivity index (χ2n) is 5.87. The van der Waals surface area contributed by atoms with Gasteiger partial charge in [0.25, 0.3) is 0 Å². The number of aryl methyl sites for hydroxylation is 3. The van der Waals surface area contributed by atoms with Gasteiger partial charge in [-0.05, 0) is 51.3 Å². The van der Waals surface area contributed by atoms with Gasteiger partial charge < -0.3 is 10.6 Å². The van der Waals surface area contributed by atoms with Crippen LogP contribution in [0, 0.1) is 13.8 Å². The molecule has 2 heterocycles. The van der Waals surface area contributed by atoms with E-state index in [0.29, 0.717) is 0 Å². The van der Waals surface area contributed by atoms with E-state index in [1.165, 1.54) is 21.0 Å². The van der Waals surface area contributed by atoms with Crippen LogP contribution in [0.4, 0.5) is 0 Å². The molecule has 0 aliphatic heterocycles. The van der Waals surface area contributed by atoms with Crippen LogP contribution in [-0.4, -0.2) is 28.8 Å². The van der Waals surface area contributed by atoms with Gasteiger partial charge in [-0.25, -0.2) is 4.99 Å². The molecule has 0 saturated carbocycles. The third-order valence-corrected chi connectivity index (χ3v) is 5.34. The molecule has 140 valence electrons. The fourth-order valence-corrected chi connectivity index (χ4v) is 3.56. The minimum absolute atomic E-state index is 0. The fraction of sp³-hybridized carbons (Fsp3) is 0.556. The van der Waals surface area contributed by atoms with Gasteiger partial charge in [0, 0.05) is 35.6 Å². The number of aliphatic imine (C=N–C) groups is 1. The molecule has 0 unspecified atom stereocenters. The monoisotopic (exact) mass is 475 g/mol. The summed E-state index contributed by atoms with van der Waals surface area (Å²) in [5, 5.41) is 11.2. The molecule has 0 spiro atoms. The molecular formula is C18H30IN5S. The van der Waals surface area contributed by atoms with Crippen LogP contribution in [0.1, 0.15) is 40.6 Å². The summed E-state index contributed by atoms with van der Waals surface area (Å²) in [5.74, 6) is 0.878. The summed E-state index contributed by atoms with van der Waals surface area (Å²) in [7, 11) is 2.00. The minimum atomic E-state index is 0. The van der Waals surface area contributed by atoms with Gasteiger partial charge in [0.05, 0.1) is 12.2 Å². The molecule has 2 N–H and O–H groups in total. The Morgan fingerprint density at radius 1 is 1.20 bits per heavy atom. The molecule has 2 aromatic rings. The van der Waals surface area contributed by atoms with Crippen molar-refractivity contribution >= 4 is 41.3 Å². The maximum Gasteiger partial charge on any atom is 0.191 e. The van der Waals surface area contributed by atoms with E-state index in [4.69, 9.17) is 4.99 Å². The molecule has 0 atom stereocenters. The summed E-state index contributed by atoms with van der Waals surface area (Å²) >= 11 is 1.85. The van der Waals surface area contributed by atoms with E-state index in [2.05, 4.69) is 55.6 Å². The third kappa shape index (κ3) is 6.29. The van der Waals surface area contributed by atoms with Gasteiger partial charge in [-0.2, -0.15) is 5.10 Å². The number of nitrogens with zero attached hydrogens (tertiary/aromatic N) is 3. The average molecular weight is 475 g/mol. The molecule has 0 aliphatic carbocycles. The average Bonchev–Trinajstić information content (AvgIpc) is 3.12. The molecule has 0 radical (unpaired) electrons. The second kappa shape index (κ2) is 10.8. The summed E-state index contributed by atoms with van der Waals surface area (Å²) in [6.07, 6.45) is 2.05. The standard InChI is InChI=1S/C18H29N5S.HI/c1-6-15-8-9-16(24-15)12-21-18(19-7-2)20-11-10-17-13(3)22-23(5)14(17)4;/h8-9H,6-7,10-12H2,1-5H3,(H2,19,20,21);1H. The van der Waals surface area contributed by atoms with Crippen molar-refractivity contribution in [3.63, 3.8) is 0 Å². The summed E-state index contributed by atoms with van der Waals surface area (Å²) in [5.41, 5.74) is 3.68. The molecule has 0 aromatic carbocycles. The molecule has 0 bridgehead atoms. The third-order valence-electron chi connectivity index (χ3n) is 4.13. The van der Waals surface area contributed by atoms with Crippen LogP contribution < -0.4 is 10.6 Å². The van der Waals surface area contributed by atoms with Crippen molar-refractivity contribution in [3.8, 4) is 0 Å². The van der Waals surface area contributed by atoms with Gasteiger partial charge in [0.2, 0.25) is 0 Å². The van der Waals surface area contributed by atoms with Crippen molar-refractivity contribution in [2.24, 2.45) is 12.0 Å². The smallest absolute Gasteiger partial charge is 0.191 e. The number of halogens is 1. The number of nitrogens with one attached hydrogen (secondary N) is 2. The topological polar surface area (TPSA) is 54.2 Å². The number of aromatic nitrogens is 2. The van der Waals surface area contributed by atoms with Crippen molar-refractivity contribution in [2.75, 3.05) is 13.1 Å². The summed E-state index contributed by atoms with van der Waals surface area (Å²) in [6, 6.07) is 4.38. The Hall–Kier alpha value is -1.09. The van der Waals surface area contributed by atoms with Crippen molar-refractivity contribution in [3.05, 3.63) is 38.8 Å². The number of guanidine groups is 1. The van der Waals surface area contributed by atoms with Crippen LogP contribution in [0.25, 0.3) is 0 Å². The fourth-order valence-electron chi connectivity index (χ4n) is 2.68. The molecule has 0 aliphatic rings. The number of rotatable bonds is 7. The predicted octanol–water partition coefficient (Wildman–Crippen LogP) is 3.58. The van der Waals surface area contributed by atoms with E-state index in [9.17, 15) is 0 Å². The first kappa shape index (κ1) is 22.0. The summed E-state index contributed by atoms with van der Waals surface area (Å²) in [6.45, 7) is 10.9. The summed E-state index contributed by atoms with van der Waals surface area (Å²) in [4.78, 5) is 7.42. The second-order valence-corrected chi connectivity index (χ2v) is 7.12. The van der Waals surface area contributed by atoms with Gasteiger partial charge >= 0.3 is 0 Å². The normalized spacial score (nSPS) is 11.3. The van der Waals surface area contributed by atoms with Gasteiger partial charge in [-0.15, -0.1) is 35.3 Å². The van der Waals surface area contributed by atoms with E-state index in [1.54, 1.807) is 0 Å². The lowest BCUT2D eigenvalue weighted by molar-refractivity contribution is 0.729. The largest absolute Gasteiger partial charge is 0.357 e. The summed E-state index contributed by atoms with van der Waals surface area (Å²) < 4.78 is 1.95. The molecule has 0 saturated heterocycles. The van der Waals surface area contributed by atoms with E-state index in [0.717, 1.165) is 44.1 Å². The molecular weight excluding hydrogens is 445 g/mol. The van der Waals surface area contributed by atoms with E-state index in [-0.39, 0.29) is 24.0 Å². The van der Waals surface area contributed by atoms with Crippen LogP contribution >= 0.6 is 35.3 Å². The van der Waals surface area contributed by atoms with Crippen LogP contribution in [0.15, 0.2) is 17.1 Å². The Kier molecular flexibility index (Phi) is 9.48. The van der Waals surface area contributed by atoms with E-state index in [1.807, 2.05) is 23.1 Å². The van der Waals surface area contributed by atoms with Gasteiger partial charge in [-0.3, -0.25) is 4.68 Å². The number of thiophene rings is 1. The molecule has 2 rings (SSSR count). The van der Waals surface area contributed by atoms with E-state index < -0.39 is 0 Å². The van der Waals surface area contributed by atoms with Crippen LogP contribution in [0.2, 0.25) is 0 Å². The highest BCUT2D eigenvalue weighted by Gasteiger charge is 2.09. The highest BCUT2D eigenvalue weighted by molar-refractivity contribution is 14.0. The zero-order chi connectivity index (χ0) is 17.5. The molecule has 0 amide bonds. The minimum Gasteiger partial charge on any atom is -0.357 e. The Balaban J connectivity index is 0.00000312. The molecule has 5 nitrogen and oxygen atoms in total. The first-order valence-electron chi connectivity index (χ1n) is 8.64. The van der Waals surface area contributed by atoms with E-state index >= 15 is 0 Å². The Bertz CT molecular complexity index is 690. The Morgan fingerprint density at radius 2 is 1.92 bits per heavy atom. The predicted molar refractivity (Wildman–Crippen MR) is 118 cm³/mol. The first-order valence-corrected chi connectivity index (χ1v) is 9.45. The lowest BCUT2D eigenvalue weighted by Gasteiger charge is -2.11. The molecule has 25 heavy (non-hydrogen) atoms. The first-order chi connectivity index (χ1) is 11.5. The zero-order valence-corrected chi connectivity index (χ0v) is 19.0. The molecule has 7 heteroatoms. The van der Waals surface area contributed by atoms with Crippen molar-refractivity contribution < 1.29 is 0 Å². The highest BCUT2D eigenvalue weighted by atomic mass is 127. The van der Waals surface area contributed by atoms with Crippen molar-refractivity contribution in [1.82, 2.24) is 20.4 Å². The number of hydrogen-bond donors (Lipinski definition) is 2. The highest BCUT2D eigenvalue weighted by Crippen LogP contribution is 2.17. The van der Waals surface area contributed by atoms with Crippen LogP contribution in [0.5, 0.6) is 0 Å². The van der Waals surface area contributed by atoms with Crippen molar-refractivity contribution in [1.29, 1.82) is 0 Å². The SMILES string of the molecule is CCNC(=NCc1ccc(CC)s1)NCCc1c(C)nn(C)c1C.I. The lowest BCUT2D eigenvalue weighted by atomic mass is 10.1. The maximum absolute atomic E-state index is 4.70. The zero-order valence-electron chi connectivity index (χ0n) is 15.8. The number of hydrogen-bond acceptors (Lipinski definition) is 3. The van der Waals surface area contributed by atoms with Gasteiger partial charge in [-0.1, -0.05) is 6.92 Å². The van der Waals surface area contributed by atoms with Crippen LogP contribution in [-0.2, 0) is 26.4 Å². The van der Waals surface area contributed by atoms with Gasteiger partial charge in [0.15, 0.2) is 5.96 Å². The molecule has 0 fully saturated rings. The maximum atomic E-state index is 4.70. The Morgan fingerprint density at radius 3 is 2.48 bits per heavy atom. The lowest BCUT2D eigenvalue weighted by Crippen LogP contribution is -2.38.